The van der Waals surface area contributed by atoms with Gasteiger partial charge in [0.2, 0.25) is 0 Å². The van der Waals surface area contributed by atoms with Crippen molar-refractivity contribution >= 4 is 17.4 Å². The van der Waals surface area contributed by atoms with Gasteiger partial charge in [-0.15, -0.1) is 11.8 Å². The van der Waals surface area contributed by atoms with Gasteiger partial charge in [0.05, 0.1) is 5.69 Å². The fourth-order valence-corrected chi connectivity index (χ4v) is 1.26. The lowest BCUT2D eigenvalue weighted by Gasteiger charge is -2.02. The third-order valence-electron chi connectivity index (χ3n) is 1.37. The number of thioether (sulfide) groups is 1. The molecule has 2 nitrogen and oxygen atoms in total. The topological polar surface area (TPSA) is 38.9 Å². The first kappa shape index (κ1) is 7.41. The Labute approximate surface area is 64.8 Å². The van der Waals surface area contributed by atoms with Crippen LogP contribution in [0.15, 0.2) is 17.3 Å². The average Bonchev–Trinajstić information content (AvgIpc) is 1.95. The minimum Gasteiger partial charge on any atom is -0.398 e. The number of aryl methyl sites for hydroxylation is 1. The van der Waals surface area contributed by atoms with E-state index in [1.54, 1.807) is 24.2 Å². The molecule has 2 N–H and O–H groups in total. The number of hydrogen-bond donors (Lipinski definition) is 1. The van der Waals surface area contributed by atoms with Crippen LogP contribution >= 0.6 is 11.8 Å². The molecule has 0 aliphatic heterocycles. The van der Waals surface area contributed by atoms with Crippen LogP contribution in [0.5, 0.6) is 0 Å². The third-order valence-corrected chi connectivity index (χ3v) is 2.14. The molecule has 0 fully saturated rings. The maximum Gasteiger partial charge on any atom is 0.0513 e. The molecule has 54 valence electrons. The van der Waals surface area contributed by atoms with Crippen LogP contribution in [-0.2, 0) is 0 Å². The van der Waals surface area contributed by atoms with Crippen LogP contribution in [0, 0.1) is 6.92 Å². The second-order valence-electron chi connectivity index (χ2n) is 2.07. The Hall–Kier alpha value is -0.700. The molecule has 0 aliphatic carbocycles. The van der Waals surface area contributed by atoms with Crippen LogP contribution in [0.4, 0.5) is 5.69 Å². The van der Waals surface area contributed by atoms with Gasteiger partial charge < -0.3 is 5.73 Å². The highest BCUT2D eigenvalue weighted by Gasteiger charge is 1.98. The largest absolute Gasteiger partial charge is 0.398 e. The van der Waals surface area contributed by atoms with Crippen LogP contribution in [-0.4, -0.2) is 11.2 Å². The van der Waals surface area contributed by atoms with Gasteiger partial charge in [-0.1, -0.05) is 0 Å². The van der Waals surface area contributed by atoms with Crippen molar-refractivity contribution in [3.8, 4) is 0 Å². The van der Waals surface area contributed by atoms with E-state index in [4.69, 9.17) is 5.73 Å². The molecule has 0 unspecified atom stereocenters. The summed E-state index contributed by atoms with van der Waals surface area (Å²) in [6.45, 7) is 1.96. The van der Waals surface area contributed by atoms with Crippen molar-refractivity contribution in [2.24, 2.45) is 0 Å². The Kier molecular flexibility index (Phi) is 2.17. The molecule has 0 bridgehead atoms. The summed E-state index contributed by atoms with van der Waals surface area (Å²) >= 11 is 1.62. The van der Waals surface area contributed by atoms with E-state index in [-0.39, 0.29) is 0 Å². The normalized spacial score (nSPS) is 9.80. The number of rotatable bonds is 1. The van der Waals surface area contributed by atoms with Gasteiger partial charge in [0.25, 0.3) is 0 Å². The van der Waals surface area contributed by atoms with Crippen LogP contribution in [0.2, 0.25) is 0 Å². The molecule has 0 saturated heterocycles. The minimum atomic E-state index is 0.850. The molecule has 0 aliphatic rings. The van der Waals surface area contributed by atoms with E-state index in [2.05, 4.69) is 4.98 Å². The summed E-state index contributed by atoms with van der Waals surface area (Å²) < 4.78 is 0. The molecule has 0 spiro atoms. The number of anilines is 1. The Balaban J connectivity index is 3.14. The van der Waals surface area contributed by atoms with Crippen molar-refractivity contribution in [2.45, 2.75) is 11.8 Å². The van der Waals surface area contributed by atoms with Crippen molar-refractivity contribution in [1.29, 1.82) is 0 Å². The molecule has 1 heterocycles. The average molecular weight is 154 g/mol. The van der Waals surface area contributed by atoms with Gasteiger partial charge in [-0.05, 0) is 18.7 Å². The first-order chi connectivity index (χ1) is 4.75. The molecule has 10 heavy (non-hydrogen) atoms. The lowest BCUT2D eigenvalue weighted by Crippen LogP contribution is -1.92. The molecule has 0 radical (unpaired) electrons. The Morgan fingerprint density at radius 3 is 2.70 bits per heavy atom. The summed E-state index contributed by atoms with van der Waals surface area (Å²) in [6, 6.07) is 0. The lowest BCUT2D eigenvalue weighted by molar-refractivity contribution is 1.20. The minimum absolute atomic E-state index is 0.850. The first-order valence-electron chi connectivity index (χ1n) is 2.99. The second-order valence-corrected chi connectivity index (χ2v) is 2.92. The van der Waals surface area contributed by atoms with E-state index in [1.807, 2.05) is 13.2 Å². The number of nitrogens with two attached hydrogens (primary N) is 1. The van der Waals surface area contributed by atoms with Crippen molar-refractivity contribution in [3.05, 3.63) is 18.0 Å². The summed E-state index contributed by atoms with van der Waals surface area (Å²) in [5.74, 6) is 0. The smallest absolute Gasteiger partial charge is 0.0513 e. The van der Waals surface area contributed by atoms with E-state index in [9.17, 15) is 0 Å². The van der Waals surface area contributed by atoms with Gasteiger partial charge in [-0.3, -0.25) is 4.98 Å². The Bertz CT molecular complexity index is 235. The van der Waals surface area contributed by atoms with Crippen molar-refractivity contribution in [2.75, 3.05) is 12.0 Å². The van der Waals surface area contributed by atoms with Crippen molar-refractivity contribution in [1.82, 2.24) is 4.98 Å². The summed E-state index contributed by atoms with van der Waals surface area (Å²) in [6.07, 6.45) is 5.55. The highest BCUT2D eigenvalue weighted by molar-refractivity contribution is 7.98. The number of hydrogen-bond acceptors (Lipinski definition) is 3. The number of pyridine rings is 1. The second kappa shape index (κ2) is 2.92. The molecule has 1 aromatic heterocycles. The molecule has 3 heteroatoms. The first-order valence-corrected chi connectivity index (χ1v) is 4.22. The molecule has 0 aromatic carbocycles. The maximum absolute atomic E-state index is 5.73. The van der Waals surface area contributed by atoms with Crippen LogP contribution in [0.1, 0.15) is 5.56 Å². The molecular weight excluding hydrogens is 144 g/mol. The zero-order chi connectivity index (χ0) is 7.56. The van der Waals surface area contributed by atoms with E-state index in [0.29, 0.717) is 0 Å². The SMILES string of the molecule is CSc1cncc(C)c1N. The van der Waals surface area contributed by atoms with Gasteiger partial charge in [0, 0.05) is 17.3 Å². The Morgan fingerprint density at radius 1 is 1.50 bits per heavy atom. The van der Waals surface area contributed by atoms with Crippen molar-refractivity contribution < 1.29 is 0 Å². The fourth-order valence-electron chi connectivity index (χ4n) is 0.713. The monoisotopic (exact) mass is 154 g/mol. The van der Waals surface area contributed by atoms with E-state index >= 15 is 0 Å². The molecule has 1 aromatic rings. The number of nitrogen functional groups attached to an aromatic ring is 1. The molecule has 0 saturated carbocycles. The zero-order valence-corrected chi connectivity index (χ0v) is 6.90. The molecule has 0 atom stereocenters. The highest BCUT2D eigenvalue weighted by Crippen LogP contribution is 2.23. The number of aromatic nitrogens is 1. The standard InChI is InChI=1S/C7H10N2S/c1-5-3-9-4-6(10-2)7(5)8/h3-4H,1-2H3,(H2,8,9). The van der Waals surface area contributed by atoms with Gasteiger partial charge in [-0.2, -0.15) is 0 Å². The summed E-state index contributed by atoms with van der Waals surface area (Å²) in [5, 5.41) is 0. The molecular formula is C7H10N2S. The van der Waals surface area contributed by atoms with Crippen molar-refractivity contribution in [3.63, 3.8) is 0 Å². The zero-order valence-electron chi connectivity index (χ0n) is 6.09. The van der Waals surface area contributed by atoms with Crippen LogP contribution in [0.3, 0.4) is 0 Å². The third kappa shape index (κ3) is 1.24. The fraction of sp³-hybridized carbons (Fsp3) is 0.286. The van der Waals surface area contributed by atoms with Gasteiger partial charge in [0.15, 0.2) is 0 Å². The van der Waals surface area contributed by atoms with Gasteiger partial charge in [0.1, 0.15) is 0 Å². The van der Waals surface area contributed by atoms with Crippen LogP contribution < -0.4 is 5.73 Å². The van der Waals surface area contributed by atoms with Gasteiger partial charge >= 0.3 is 0 Å². The van der Waals surface area contributed by atoms with Gasteiger partial charge in [-0.25, -0.2) is 0 Å². The highest BCUT2D eigenvalue weighted by atomic mass is 32.2. The lowest BCUT2D eigenvalue weighted by atomic mass is 10.3. The van der Waals surface area contributed by atoms with Crippen LogP contribution in [0.25, 0.3) is 0 Å². The Morgan fingerprint density at radius 2 is 2.20 bits per heavy atom. The number of nitrogens with zero attached hydrogens (tertiary/aromatic N) is 1. The molecule has 1 rings (SSSR count). The van der Waals surface area contributed by atoms with E-state index < -0.39 is 0 Å². The van der Waals surface area contributed by atoms with E-state index in [0.717, 1.165) is 16.1 Å². The predicted molar refractivity (Wildman–Crippen MR) is 45.2 cm³/mol. The summed E-state index contributed by atoms with van der Waals surface area (Å²) in [5.41, 5.74) is 7.63. The summed E-state index contributed by atoms with van der Waals surface area (Å²) in [4.78, 5) is 5.07. The predicted octanol–water partition coefficient (Wildman–Crippen LogP) is 1.69. The molecule has 0 amide bonds. The summed E-state index contributed by atoms with van der Waals surface area (Å²) in [7, 11) is 0. The quantitative estimate of drug-likeness (QED) is 0.626. The maximum atomic E-state index is 5.73. The van der Waals surface area contributed by atoms with E-state index in [1.165, 1.54) is 0 Å².